The Balaban J connectivity index is 2.59. The lowest BCUT2D eigenvalue weighted by Gasteiger charge is -2.12. The maximum absolute atomic E-state index is 12.9. The fourth-order valence-corrected chi connectivity index (χ4v) is 1.37. The molecule has 0 aromatic heterocycles. The number of carbonyl (C=O) groups is 1. The van der Waals surface area contributed by atoms with Crippen LogP contribution in [0.2, 0.25) is 0 Å². The van der Waals surface area contributed by atoms with Gasteiger partial charge < -0.3 is 10.6 Å². The molecule has 1 atom stereocenters. The van der Waals surface area contributed by atoms with Crippen molar-refractivity contribution in [3.05, 3.63) is 29.6 Å². The first kappa shape index (κ1) is 14.0. The Labute approximate surface area is 106 Å². The molecule has 4 nitrogen and oxygen atoms in total. The summed E-state index contributed by atoms with van der Waals surface area (Å²) in [6, 6.07) is 5.82. The Kier molecular flexibility index (Phi) is 5.12. The summed E-state index contributed by atoms with van der Waals surface area (Å²) < 4.78 is 12.9. The molecule has 1 aromatic carbocycles. The molecule has 0 aliphatic rings. The number of nitriles is 1. The Hall–Kier alpha value is -2.09. The normalized spacial score (nSPS) is 11.4. The van der Waals surface area contributed by atoms with E-state index in [4.69, 9.17) is 5.26 Å². The number of nitrogens with zero attached hydrogens (tertiary/aromatic N) is 1. The van der Waals surface area contributed by atoms with Gasteiger partial charge in [-0.25, -0.2) is 4.39 Å². The molecule has 1 amide bonds. The number of carbonyl (C=O) groups excluding carboxylic acids is 1. The summed E-state index contributed by atoms with van der Waals surface area (Å²) in [4.78, 5) is 11.5. The van der Waals surface area contributed by atoms with E-state index in [0.717, 1.165) is 12.5 Å². The van der Waals surface area contributed by atoms with Gasteiger partial charge >= 0.3 is 0 Å². The molecule has 0 fully saturated rings. The predicted octanol–water partition coefficient (Wildman–Crippen LogP) is 2.02. The van der Waals surface area contributed by atoms with Crippen molar-refractivity contribution >= 4 is 11.6 Å². The van der Waals surface area contributed by atoms with Crippen LogP contribution in [0, 0.1) is 17.1 Å². The minimum absolute atomic E-state index is 0.0602. The van der Waals surface area contributed by atoms with Crippen LogP contribution in [0.25, 0.3) is 0 Å². The van der Waals surface area contributed by atoms with Crippen molar-refractivity contribution in [3.8, 4) is 6.07 Å². The van der Waals surface area contributed by atoms with E-state index in [-0.39, 0.29) is 24.1 Å². The molecule has 2 N–H and O–H groups in total. The monoisotopic (exact) mass is 249 g/mol. The Morgan fingerprint density at radius 2 is 2.28 bits per heavy atom. The predicted molar refractivity (Wildman–Crippen MR) is 67.5 cm³/mol. The van der Waals surface area contributed by atoms with Crippen molar-refractivity contribution < 1.29 is 9.18 Å². The maximum Gasteiger partial charge on any atom is 0.239 e. The molecule has 0 spiro atoms. The zero-order valence-corrected chi connectivity index (χ0v) is 10.5. The van der Waals surface area contributed by atoms with Crippen LogP contribution in [-0.2, 0) is 4.79 Å². The van der Waals surface area contributed by atoms with Crippen LogP contribution in [0.15, 0.2) is 18.2 Å². The molecule has 0 aliphatic carbocycles. The van der Waals surface area contributed by atoms with Crippen LogP contribution >= 0.6 is 0 Å². The number of benzene rings is 1. The van der Waals surface area contributed by atoms with Crippen molar-refractivity contribution in [3.63, 3.8) is 0 Å². The fraction of sp³-hybridized carbons (Fsp3) is 0.385. The largest absolute Gasteiger partial charge is 0.375 e. The second-order valence-electron chi connectivity index (χ2n) is 4.03. The number of hydrogen-bond acceptors (Lipinski definition) is 3. The van der Waals surface area contributed by atoms with Crippen LogP contribution in [-0.4, -0.2) is 18.5 Å². The zero-order valence-electron chi connectivity index (χ0n) is 10.5. The summed E-state index contributed by atoms with van der Waals surface area (Å²) in [5, 5.41) is 14.4. The smallest absolute Gasteiger partial charge is 0.239 e. The zero-order chi connectivity index (χ0) is 13.5. The SMILES string of the molecule is CCC(C)NC(=O)CNc1ccc(F)cc1C#N. The van der Waals surface area contributed by atoms with Crippen molar-refractivity contribution in [2.24, 2.45) is 0 Å². The molecule has 1 rings (SSSR count). The van der Waals surface area contributed by atoms with E-state index >= 15 is 0 Å². The van der Waals surface area contributed by atoms with E-state index in [9.17, 15) is 9.18 Å². The maximum atomic E-state index is 12.9. The van der Waals surface area contributed by atoms with Gasteiger partial charge in [0.25, 0.3) is 0 Å². The number of hydrogen-bond donors (Lipinski definition) is 2. The van der Waals surface area contributed by atoms with Crippen molar-refractivity contribution in [2.75, 3.05) is 11.9 Å². The van der Waals surface area contributed by atoms with E-state index in [1.54, 1.807) is 0 Å². The van der Waals surface area contributed by atoms with Gasteiger partial charge in [0.05, 0.1) is 17.8 Å². The first-order valence-corrected chi connectivity index (χ1v) is 5.79. The Morgan fingerprint density at radius 3 is 2.89 bits per heavy atom. The highest BCUT2D eigenvalue weighted by atomic mass is 19.1. The van der Waals surface area contributed by atoms with E-state index in [1.807, 2.05) is 19.9 Å². The quantitative estimate of drug-likeness (QED) is 0.839. The molecule has 96 valence electrons. The van der Waals surface area contributed by atoms with E-state index in [0.29, 0.717) is 5.69 Å². The minimum Gasteiger partial charge on any atom is -0.375 e. The summed E-state index contributed by atoms with van der Waals surface area (Å²) in [5.74, 6) is -0.626. The second kappa shape index (κ2) is 6.60. The van der Waals surface area contributed by atoms with E-state index < -0.39 is 5.82 Å². The highest BCUT2D eigenvalue weighted by molar-refractivity contribution is 5.81. The molecule has 0 saturated heterocycles. The van der Waals surface area contributed by atoms with Crippen LogP contribution in [0.1, 0.15) is 25.8 Å². The van der Waals surface area contributed by atoms with Gasteiger partial charge in [0.2, 0.25) is 5.91 Å². The topological polar surface area (TPSA) is 64.9 Å². The van der Waals surface area contributed by atoms with Gasteiger partial charge in [-0.15, -0.1) is 0 Å². The number of rotatable bonds is 5. The van der Waals surface area contributed by atoms with Gasteiger partial charge in [-0.1, -0.05) is 6.92 Å². The van der Waals surface area contributed by atoms with Gasteiger partial charge in [0, 0.05) is 6.04 Å². The number of halogens is 1. The second-order valence-corrected chi connectivity index (χ2v) is 4.03. The molecule has 1 aromatic rings. The average Bonchev–Trinajstić information content (AvgIpc) is 2.36. The summed E-state index contributed by atoms with van der Waals surface area (Å²) in [7, 11) is 0. The van der Waals surface area contributed by atoms with Gasteiger partial charge in [0.15, 0.2) is 0 Å². The van der Waals surface area contributed by atoms with Gasteiger partial charge in [-0.3, -0.25) is 4.79 Å². The summed E-state index contributed by atoms with van der Waals surface area (Å²) in [6.45, 7) is 3.95. The van der Waals surface area contributed by atoms with Gasteiger partial charge in [0.1, 0.15) is 11.9 Å². The van der Waals surface area contributed by atoms with Crippen molar-refractivity contribution in [2.45, 2.75) is 26.3 Å². The lowest BCUT2D eigenvalue weighted by Crippen LogP contribution is -2.36. The Bertz CT molecular complexity index is 468. The fourth-order valence-electron chi connectivity index (χ4n) is 1.37. The molecule has 0 bridgehead atoms. The molecule has 0 aliphatic heterocycles. The summed E-state index contributed by atoms with van der Waals surface area (Å²) in [5.41, 5.74) is 0.643. The Morgan fingerprint density at radius 1 is 1.56 bits per heavy atom. The van der Waals surface area contributed by atoms with Gasteiger partial charge in [-0.05, 0) is 31.5 Å². The van der Waals surface area contributed by atoms with Crippen LogP contribution in [0.5, 0.6) is 0 Å². The van der Waals surface area contributed by atoms with Crippen molar-refractivity contribution in [1.29, 1.82) is 5.26 Å². The van der Waals surface area contributed by atoms with E-state index in [2.05, 4.69) is 10.6 Å². The van der Waals surface area contributed by atoms with Crippen LogP contribution in [0.4, 0.5) is 10.1 Å². The van der Waals surface area contributed by atoms with Crippen LogP contribution < -0.4 is 10.6 Å². The average molecular weight is 249 g/mol. The lowest BCUT2D eigenvalue weighted by atomic mass is 10.2. The molecule has 0 heterocycles. The lowest BCUT2D eigenvalue weighted by molar-refractivity contribution is -0.120. The molecule has 0 radical (unpaired) electrons. The summed E-state index contributed by atoms with van der Waals surface area (Å²) >= 11 is 0. The minimum atomic E-state index is -0.471. The van der Waals surface area contributed by atoms with Gasteiger partial charge in [-0.2, -0.15) is 5.26 Å². The molecular formula is C13H16FN3O. The highest BCUT2D eigenvalue weighted by Gasteiger charge is 2.07. The van der Waals surface area contributed by atoms with E-state index in [1.165, 1.54) is 12.1 Å². The number of nitrogens with one attached hydrogen (secondary N) is 2. The standard InChI is InChI=1S/C13H16FN3O/c1-3-9(2)17-13(18)8-16-12-5-4-11(14)6-10(12)7-15/h4-6,9,16H,3,8H2,1-2H3,(H,17,18). The molecule has 5 heteroatoms. The van der Waals surface area contributed by atoms with Crippen LogP contribution in [0.3, 0.4) is 0 Å². The molecular weight excluding hydrogens is 233 g/mol. The molecule has 1 unspecified atom stereocenters. The molecule has 18 heavy (non-hydrogen) atoms. The third kappa shape index (κ3) is 4.06. The number of amides is 1. The first-order chi connectivity index (χ1) is 8.56. The summed E-state index contributed by atoms with van der Waals surface area (Å²) in [6.07, 6.45) is 0.853. The third-order valence-electron chi connectivity index (χ3n) is 2.56. The first-order valence-electron chi connectivity index (χ1n) is 5.79. The molecule has 0 saturated carbocycles. The van der Waals surface area contributed by atoms with Crippen molar-refractivity contribution in [1.82, 2.24) is 5.32 Å². The highest BCUT2D eigenvalue weighted by Crippen LogP contribution is 2.15. The third-order valence-corrected chi connectivity index (χ3v) is 2.56. The number of anilines is 1.